The third-order valence-corrected chi connectivity index (χ3v) is 4.51. The Morgan fingerprint density at radius 1 is 1.28 bits per heavy atom. The zero-order valence-corrected chi connectivity index (χ0v) is 14.1. The van der Waals surface area contributed by atoms with Crippen LogP contribution in [0, 0.1) is 0 Å². The highest BCUT2D eigenvalue weighted by molar-refractivity contribution is 9.11. The molecular formula is C11H15Br2NO3S. The Morgan fingerprint density at radius 2 is 1.78 bits per heavy atom. The number of sulfone groups is 1. The number of hydrogen-bond acceptors (Lipinski definition) is 4. The van der Waals surface area contributed by atoms with Gasteiger partial charge in [0.05, 0.1) is 14.7 Å². The van der Waals surface area contributed by atoms with E-state index in [4.69, 9.17) is 0 Å². The van der Waals surface area contributed by atoms with Crippen molar-refractivity contribution in [3.8, 4) is 5.75 Å². The fraction of sp³-hybridized carbons (Fsp3) is 0.455. The fourth-order valence-electron chi connectivity index (χ4n) is 1.42. The minimum Gasteiger partial charge on any atom is -0.506 e. The molecule has 102 valence electrons. The van der Waals surface area contributed by atoms with Crippen LogP contribution >= 0.6 is 31.9 Å². The smallest absolute Gasteiger partial charge is 0.148 e. The molecule has 0 saturated carbocycles. The van der Waals surface area contributed by atoms with Gasteiger partial charge in [0.2, 0.25) is 0 Å². The molecule has 1 rings (SSSR count). The van der Waals surface area contributed by atoms with Crippen molar-refractivity contribution >= 4 is 41.7 Å². The number of benzene rings is 1. The van der Waals surface area contributed by atoms with Crippen molar-refractivity contribution in [1.82, 2.24) is 4.90 Å². The van der Waals surface area contributed by atoms with Crippen molar-refractivity contribution in [3.05, 3.63) is 26.6 Å². The highest BCUT2D eigenvalue weighted by Crippen LogP contribution is 2.33. The maximum absolute atomic E-state index is 11.1. The Kier molecular flexibility index (Phi) is 5.64. The van der Waals surface area contributed by atoms with Crippen LogP contribution in [0.3, 0.4) is 0 Å². The number of aromatic hydroxyl groups is 1. The van der Waals surface area contributed by atoms with E-state index in [-0.39, 0.29) is 11.5 Å². The Hall–Kier alpha value is -0.110. The lowest BCUT2D eigenvalue weighted by Crippen LogP contribution is -2.24. The first-order chi connectivity index (χ1) is 8.19. The SMILES string of the molecule is CN(CCS(C)(=O)=O)Cc1cc(Br)c(O)c(Br)c1. The molecular weight excluding hydrogens is 386 g/mol. The van der Waals surface area contributed by atoms with Gasteiger partial charge in [0.15, 0.2) is 0 Å². The van der Waals surface area contributed by atoms with E-state index in [2.05, 4.69) is 31.9 Å². The average molecular weight is 401 g/mol. The first kappa shape index (κ1) is 15.9. The number of rotatable bonds is 5. The largest absolute Gasteiger partial charge is 0.506 e. The highest BCUT2D eigenvalue weighted by Gasteiger charge is 2.09. The van der Waals surface area contributed by atoms with Gasteiger partial charge in [-0.25, -0.2) is 8.42 Å². The molecule has 0 aliphatic rings. The number of hydrogen-bond donors (Lipinski definition) is 1. The molecule has 0 atom stereocenters. The first-order valence-electron chi connectivity index (χ1n) is 5.22. The number of phenols is 1. The maximum Gasteiger partial charge on any atom is 0.148 e. The van der Waals surface area contributed by atoms with Gasteiger partial charge in [-0.05, 0) is 56.6 Å². The summed E-state index contributed by atoms with van der Waals surface area (Å²) < 4.78 is 23.4. The van der Waals surface area contributed by atoms with Crippen molar-refractivity contribution in [1.29, 1.82) is 0 Å². The molecule has 0 spiro atoms. The van der Waals surface area contributed by atoms with E-state index in [0.717, 1.165) is 5.56 Å². The lowest BCUT2D eigenvalue weighted by molar-refractivity contribution is 0.346. The predicted molar refractivity (Wildman–Crippen MR) is 79.6 cm³/mol. The number of nitrogens with zero attached hydrogens (tertiary/aromatic N) is 1. The van der Waals surface area contributed by atoms with Crippen molar-refractivity contribution < 1.29 is 13.5 Å². The van der Waals surface area contributed by atoms with Crippen molar-refractivity contribution in [3.63, 3.8) is 0 Å². The minimum atomic E-state index is -2.93. The second-order valence-electron chi connectivity index (χ2n) is 4.28. The molecule has 0 heterocycles. The second-order valence-corrected chi connectivity index (χ2v) is 8.24. The molecule has 0 aliphatic carbocycles. The normalized spacial score (nSPS) is 12.1. The van der Waals surface area contributed by atoms with Crippen LogP contribution in [0.5, 0.6) is 5.75 Å². The molecule has 0 radical (unpaired) electrons. The van der Waals surface area contributed by atoms with E-state index in [1.165, 1.54) is 6.26 Å². The molecule has 1 aromatic carbocycles. The zero-order chi connectivity index (χ0) is 13.9. The Bertz CT molecular complexity index is 508. The Morgan fingerprint density at radius 3 is 2.22 bits per heavy atom. The van der Waals surface area contributed by atoms with Crippen LogP contribution in [0.1, 0.15) is 5.56 Å². The van der Waals surface area contributed by atoms with Crippen molar-refractivity contribution in [2.45, 2.75) is 6.54 Å². The topological polar surface area (TPSA) is 57.6 Å². The van der Waals surface area contributed by atoms with Crippen LogP contribution in [0.2, 0.25) is 0 Å². The van der Waals surface area contributed by atoms with Crippen molar-refractivity contribution in [2.24, 2.45) is 0 Å². The van der Waals surface area contributed by atoms with Gasteiger partial charge < -0.3 is 10.0 Å². The maximum atomic E-state index is 11.1. The van der Waals surface area contributed by atoms with Crippen LogP contribution in [0.25, 0.3) is 0 Å². The monoisotopic (exact) mass is 399 g/mol. The molecule has 1 N–H and O–H groups in total. The standard InChI is InChI=1S/C11H15Br2NO3S/c1-14(3-4-18(2,16)17)7-8-5-9(12)11(15)10(13)6-8/h5-6,15H,3-4,7H2,1-2H3. The molecule has 0 amide bonds. The molecule has 0 aromatic heterocycles. The molecule has 7 heteroatoms. The third kappa shape index (κ3) is 5.26. The average Bonchev–Trinajstić information content (AvgIpc) is 2.22. The van der Waals surface area contributed by atoms with Crippen LogP contribution in [0.4, 0.5) is 0 Å². The minimum absolute atomic E-state index is 0.143. The summed E-state index contributed by atoms with van der Waals surface area (Å²) in [5.74, 6) is 0.307. The van der Waals surface area contributed by atoms with Crippen LogP contribution in [-0.2, 0) is 16.4 Å². The molecule has 0 aliphatic heterocycles. The Balaban J connectivity index is 2.68. The fourth-order valence-corrected chi connectivity index (χ4v) is 3.35. The third-order valence-electron chi connectivity index (χ3n) is 2.37. The lowest BCUT2D eigenvalue weighted by Gasteiger charge is -2.16. The number of halogens is 2. The van der Waals surface area contributed by atoms with Gasteiger partial charge in [0.25, 0.3) is 0 Å². The summed E-state index contributed by atoms with van der Waals surface area (Å²) in [6.45, 7) is 1.10. The van der Waals surface area contributed by atoms with Crippen LogP contribution < -0.4 is 0 Å². The molecule has 0 saturated heterocycles. The van der Waals surface area contributed by atoms with E-state index in [9.17, 15) is 13.5 Å². The molecule has 0 bridgehead atoms. The molecule has 0 unspecified atom stereocenters. The molecule has 0 fully saturated rings. The summed E-state index contributed by atoms with van der Waals surface area (Å²) in [6.07, 6.45) is 1.23. The second kappa shape index (κ2) is 6.36. The van der Waals surface area contributed by atoms with E-state index in [0.29, 0.717) is 22.0 Å². The summed E-state index contributed by atoms with van der Waals surface area (Å²) in [4.78, 5) is 1.92. The zero-order valence-electron chi connectivity index (χ0n) is 10.2. The summed E-state index contributed by atoms with van der Waals surface area (Å²) in [5, 5.41) is 9.59. The number of phenolic OH excluding ortho intramolecular Hbond substituents is 1. The molecule has 4 nitrogen and oxygen atoms in total. The van der Waals surface area contributed by atoms with Gasteiger partial charge in [-0.1, -0.05) is 0 Å². The van der Waals surface area contributed by atoms with Crippen LogP contribution in [0.15, 0.2) is 21.1 Å². The lowest BCUT2D eigenvalue weighted by atomic mass is 10.2. The van der Waals surface area contributed by atoms with Crippen LogP contribution in [-0.4, -0.2) is 44.0 Å². The van der Waals surface area contributed by atoms with Gasteiger partial charge in [0.1, 0.15) is 15.6 Å². The van der Waals surface area contributed by atoms with Gasteiger partial charge >= 0.3 is 0 Å². The highest BCUT2D eigenvalue weighted by atomic mass is 79.9. The summed E-state index contributed by atoms with van der Waals surface area (Å²) in [6, 6.07) is 3.63. The van der Waals surface area contributed by atoms with Gasteiger partial charge in [-0.3, -0.25) is 0 Å². The quantitative estimate of drug-likeness (QED) is 0.824. The summed E-state index contributed by atoms with van der Waals surface area (Å²) >= 11 is 6.53. The van der Waals surface area contributed by atoms with Gasteiger partial charge in [-0.15, -0.1) is 0 Å². The van der Waals surface area contributed by atoms with Crippen molar-refractivity contribution in [2.75, 3.05) is 25.6 Å². The van der Waals surface area contributed by atoms with E-state index >= 15 is 0 Å². The summed E-state index contributed by atoms with van der Waals surface area (Å²) in [5.41, 5.74) is 0.988. The van der Waals surface area contributed by atoms with Gasteiger partial charge in [0, 0.05) is 19.3 Å². The van der Waals surface area contributed by atoms with E-state index in [1.54, 1.807) is 0 Å². The summed E-state index contributed by atoms with van der Waals surface area (Å²) in [7, 11) is -1.07. The molecule has 1 aromatic rings. The predicted octanol–water partition coefficient (Wildman–Crippen LogP) is 2.39. The van der Waals surface area contributed by atoms with E-state index in [1.807, 2.05) is 24.1 Å². The first-order valence-corrected chi connectivity index (χ1v) is 8.87. The Labute approximate surface area is 124 Å². The molecule has 18 heavy (non-hydrogen) atoms. The van der Waals surface area contributed by atoms with Gasteiger partial charge in [-0.2, -0.15) is 0 Å². The van der Waals surface area contributed by atoms with E-state index < -0.39 is 9.84 Å².